The van der Waals surface area contributed by atoms with Gasteiger partial charge in [0, 0.05) is 0 Å². The minimum absolute atomic E-state index is 0.135. The Labute approximate surface area is 42.9 Å². The van der Waals surface area contributed by atoms with Crippen molar-refractivity contribution in [2.45, 2.75) is 19.4 Å². The zero-order chi connectivity index (χ0) is 5.70. The molecule has 0 aliphatic carbocycles. The smallest absolute Gasteiger partial charge is 0.0703 e. The maximum atomic E-state index is 8.60. The van der Waals surface area contributed by atoms with E-state index in [1.807, 2.05) is 6.92 Å². The van der Waals surface area contributed by atoms with Gasteiger partial charge in [0.1, 0.15) is 0 Å². The van der Waals surface area contributed by atoms with Gasteiger partial charge in [0.2, 0.25) is 0 Å². The van der Waals surface area contributed by atoms with Gasteiger partial charge in [0.25, 0.3) is 0 Å². The molecule has 0 amide bonds. The van der Waals surface area contributed by atoms with Crippen molar-refractivity contribution >= 4 is 0 Å². The van der Waals surface area contributed by atoms with Crippen molar-refractivity contribution in [3.8, 4) is 0 Å². The molecular formula is C4H10NO2. The monoisotopic (exact) mass is 104 g/mol. The molecule has 1 radical (unpaired) electrons. The summed E-state index contributed by atoms with van der Waals surface area (Å²) in [6.07, 6.45) is 0.175. The number of aliphatic hydroxyl groups excluding tert-OH is 1. The van der Waals surface area contributed by atoms with Gasteiger partial charge in [0.15, 0.2) is 0 Å². The van der Waals surface area contributed by atoms with Crippen LogP contribution >= 0.6 is 0 Å². The summed E-state index contributed by atoms with van der Waals surface area (Å²) >= 11 is 0. The van der Waals surface area contributed by atoms with Crippen LogP contribution in [0.5, 0.6) is 0 Å². The molecular weight excluding hydrogens is 94.0 g/mol. The molecule has 3 nitrogen and oxygen atoms in total. The maximum absolute atomic E-state index is 8.60. The van der Waals surface area contributed by atoms with Crippen LogP contribution in [0.25, 0.3) is 0 Å². The quantitative estimate of drug-likeness (QED) is 0.485. The van der Waals surface area contributed by atoms with E-state index < -0.39 is 6.10 Å². The highest BCUT2D eigenvalue weighted by molar-refractivity contribution is 4.49. The first kappa shape index (κ1) is 6.88. The van der Waals surface area contributed by atoms with Gasteiger partial charge in [-0.25, -0.2) is 0 Å². The van der Waals surface area contributed by atoms with Gasteiger partial charge in [0.05, 0.1) is 12.6 Å². The first-order valence-electron chi connectivity index (χ1n) is 2.30. The van der Waals surface area contributed by atoms with Crippen molar-refractivity contribution in [3.63, 3.8) is 0 Å². The molecule has 0 aliphatic heterocycles. The third-order valence-corrected chi connectivity index (χ3v) is 0.764. The fourth-order valence-corrected chi connectivity index (χ4v) is 0.223. The van der Waals surface area contributed by atoms with E-state index in [1.54, 1.807) is 0 Å². The summed E-state index contributed by atoms with van der Waals surface area (Å²) in [6.45, 7) is 1.96. The number of hydrogen-bond acceptors (Lipinski definition) is 2. The van der Waals surface area contributed by atoms with E-state index in [0.717, 1.165) is 0 Å². The molecule has 1 atom stereocenters. The number of nitrogens with zero attached hydrogens (tertiary/aromatic N) is 1. The predicted molar refractivity (Wildman–Crippen MR) is 25.1 cm³/mol. The Bertz CT molecular complexity index is 40.7. The van der Waals surface area contributed by atoms with Crippen molar-refractivity contribution < 1.29 is 10.3 Å². The maximum Gasteiger partial charge on any atom is 0.0703 e. The lowest BCUT2D eigenvalue weighted by Crippen LogP contribution is -2.17. The van der Waals surface area contributed by atoms with Crippen molar-refractivity contribution in [1.82, 2.24) is 5.48 Å². The number of hydrogen-bond donors (Lipinski definition) is 2. The average Bonchev–Trinajstić information content (AvgIpc) is 1.68. The van der Waals surface area contributed by atoms with Gasteiger partial charge in [-0.3, -0.25) is 5.21 Å². The van der Waals surface area contributed by atoms with Gasteiger partial charge >= 0.3 is 0 Å². The van der Waals surface area contributed by atoms with Crippen LogP contribution in [0.15, 0.2) is 0 Å². The van der Waals surface area contributed by atoms with Crippen LogP contribution < -0.4 is 5.48 Å². The van der Waals surface area contributed by atoms with Crippen LogP contribution in [0.1, 0.15) is 13.3 Å². The second-order valence-corrected chi connectivity index (χ2v) is 1.39. The zero-order valence-electron chi connectivity index (χ0n) is 4.33. The van der Waals surface area contributed by atoms with E-state index in [2.05, 4.69) is 5.48 Å². The van der Waals surface area contributed by atoms with Crippen LogP contribution in [0.3, 0.4) is 0 Å². The van der Waals surface area contributed by atoms with Crippen LogP contribution in [0.2, 0.25) is 0 Å². The minimum atomic E-state index is -0.468. The summed E-state index contributed by atoms with van der Waals surface area (Å²) in [5, 5.41) is 16.4. The highest BCUT2D eigenvalue weighted by atomic mass is 16.5. The Balaban J connectivity index is 2.83. The molecule has 0 spiro atoms. The largest absolute Gasteiger partial charge is 0.392 e. The Morgan fingerprint density at radius 1 is 1.71 bits per heavy atom. The van der Waals surface area contributed by atoms with E-state index in [9.17, 15) is 0 Å². The molecule has 0 bridgehead atoms. The summed E-state index contributed by atoms with van der Waals surface area (Å²) in [5.74, 6) is 0. The van der Waals surface area contributed by atoms with Gasteiger partial charge in [-0.15, -0.1) is 0 Å². The summed E-state index contributed by atoms with van der Waals surface area (Å²) < 4.78 is 0. The Hall–Kier alpha value is -0.120. The van der Waals surface area contributed by atoms with E-state index >= 15 is 0 Å². The Kier molecular flexibility index (Phi) is 3.98. The van der Waals surface area contributed by atoms with Crippen LogP contribution in [-0.4, -0.2) is 23.0 Å². The van der Waals surface area contributed by atoms with E-state index in [4.69, 9.17) is 10.3 Å². The molecule has 3 heteroatoms. The van der Waals surface area contributed by atoms with E-state index in [-0.39, 0.29) is 6.54 Å². The van der Waals surface area contributed by atoms with Gasteiger partial charge < -0.3 is 5.11 Å². The van der Waals surface area contributed by atoms with Gasteiger partial charge in [-0.05, 0) is 6.42 Å². The number of aliphatic hydroxyl groups is 1. The van der Waals surface area contributed by atoms with Crippen LogP contribution in [0.4, 0.5) is 0 Å². The zero-order valence-corrected chi connectivity index (χ0v) is 4.33. The summed E-state index contributed by atoms with van der Waals surface area (Å²) in [4.78, 5) is 0. The van der Waals surface area contributed by atoms with Crippen molar-refractivity contribution in [1.29, 1.82) is 0 Å². The second kappa shape index (κ2) is 4.05. The molecule has 2 N–H and O–H groups in total. The molecule has 0 aromatic heterocycles. The average molecular weight is 104 g/mol. The molecule has 0 heterocycles. The van der Waals surface area contributed by atoms with Crippen molar-refractivity contribution in [2.24, 2.45) is 0 Å². The lowest BCUT2D eigenvalue weighted by molar-refractivity contribution is 0.0833. The first-order chi connectivity index (χ1) is 3.31. The second-order valence-electron chi connectivity index (χ2n) is 1.39. The molecule has 0 fully saturated rings. The highest BCUT2D eigenvalue weighted by Gasteiger charge is 1.96. The van der Waals surface area contributed by atoms with E-state index in [1.165, 1.54) is 0 Å². The van der Waals surface area contributed by atoms with Gasteiger partial charge in [-0.1, -0.05) is 12.4 Å². The van der Waals surface area contributed by atoms with Crippen LogP contribution in [-0.2, 0) is 0 Å². The summed E-state index contributed by atoms with van der Waals surface area (Å²) in [6, 6.07) is 0. The highest BCUT2D eigenvalue weighted by Crippen LogP contribution is 1.84. The van der Waals surface area contributed by atoms with Crippen LogP contribution in [0, 0.1) is 0 Å². The number of rotatable bonds is 3. The fourth-order valence-electron chi connectivity index (χ4n) is 0.223. The third kappa shape index (κ3) is 3.72. The molecule has 7 heavy (non-hydrogen) atoms. The molecule has 1 unspecified atom stereocenters. The minimum Gasteiger partial charge on any atom is -0.392 e. The van der Waals surface area contributed by atoms with Gasteiger partial charge in [-0.2, -0.15) is 0 Å². The standard InChI is InChI=1S/C4H10NO2/c1-2-4(6)3-5-7/h4,6-7H,2-3H2,1H3. The first-order valence-corrected chi connectivity index (χ1v) is 2.30. The fraction of sp³-hybridized carbons (Fsp3) is 1.00. The Morgan fingerprint density at radius 3 is 2.43 bits per heavy atom. The molecule has 43 valence electrons. The molecule has 0 aromatic rings. The third-order valence-electron chi connectivity index (χ3n) is 0.764. The molecule has 0 saturated heterocycles. The molecule has 0 saturated carbocycles. The van der Waals surface area contributed by atoms with E-state index in [0.29, 0.717) is 6.42 Å². The normalized spacial score (nSPS) is 14.1. The Morgan fingerprint density at radius 2 is 2.29 bits per heavy atom. The summed E-state index contributed by atoms with van der Waals surface area (Å²) in [7, 11) is 0. The number of hydroxylamine groups is 1. The predicted octanol–water partition coefficient (Wildman–Crippen LogP) is -0.249. The SMILES string of the molecule is CCC(O)C[N]O. The molecule has 0 rings (SSSR count). The topological polar surface area (TPSA) is 54.6 Å². The molecule has 0 aromatic carbocycles. The summed E-state index contributed by atoms with van der Waals surface area (Å²) in [5.41, 5.74) is 2.76. The molecule has 0 aliphatic rings. The lowest BCUT2D eigenvalue weighted by atomic mass is 10.3. The van der Waals surface area contributed by atoms with Crippen molar-refractivity contribution in [2.75, 3.05) is 6.54 Å². The lowest BCUT2D eigenvalue weighted by Gasteiger charge is -2.00. The van der Waals surface area contributed by atoms with Crippen molar-refractivity contribution in [3.05, 3.63) is 0 Å².